The zero-order valence-electron chi connectivity index (χ0n) is 14.9. The van der Waals surface area contributed by atoms with Gasteiger partial charge in [-0.3, -0.25) is 4.90 Å². The number of nitrogens with zero attached hydrogens (tertiary/aromatic N) is 2. The Balaban J connectivity index is 1.75. The number of ether oxygens (including phenoxy) is 1. The van der Waals surface area contributed by atoms with Crippen LogP contribution in [0.15, 0.2) is 46.9 Å². The summed E-state index contributed by atoms with van der Waals surface area (Å²) in [5.74, 6) is 0.376. The van der Waals surface area contributed by atoms with E-state index >= 15 is 0 Å². The summed E-state index contributed by atoms with van der Waals surface area (Å²) in [6.45, 7) is 2.97. The summed E-state index contributed by atoms with van der Waals surface area (Å²) in [5, 5.41) is 0. The predicted octanol–water partition coefficient (Wildman–Crippen LogP) is 4.57. The molecule has 0 bridgehead atoms. The predicted molar refractivity (Wildman–Crippen MR) is 94.8 cm³/mol. The summed E-state index contributed by atoms with van der Waals surface area (Å²) < 4.78 is 38.1. The van der Waals surface area contributed by atoms with Gasteiger partial charge in [-0.1, -0.05) is 12.1 Å². The summed E-state index contributed by atoms with van der Waals surface area (Å²) in [7, 11) is 3.59. The van der Waals surface area contributed by atoms with Crippen LogP contribution in [0, 0.1) is 18.6 Å². The van der Waals surface area contributed by atoms with Crippen molar-refractivity contribution in [2.24, 2.45) is 0 Å². The zero-order valence-corrected chi connectivity index (χ0v) is 14.9. The summed E-state index contributed by atoms with van der Waals surface area (Å²) >= 11 is 0. The molecular formula is C20H20F2N2O2. The van der Waals surface area contributed by atoms with E-state index < -0.39 is 11.6 Å². The molecule has 26 heavy (non-hydrogen) atoms. The number of hydrogen-bond donors (Lipinski definition) is 0. The van der Waals surface area contributed by atoms with Gasteiger partial charge in [0, 0.05) is 13.1 Å². The van der Waals surface area contributed by atoms with Crippen LogP contribution in [0.4, 0.5) is 8.78 Å². The number of halogens is 2. The van der Waals surface area contributed by atoms with Crippen LogP contribution in [0.5, 0.6) is 5.75 Å². The van der Waals surface area contributed by atoms with Crippen molar-refractivity contribution in [1.82, 2.24) is 9.88 Å². The molecule has 6 heteroatoms. The maximum Gasteiger partial charge on any atom is 0.229 e. The van der Waals surface area contributed by atoms with Gasteiger partial charge in [-0.2, -0.15) is 0 Å². The number of aryl methyl sites for hydroxylation is 1. The second kappa shape index (κ2) is 7.66. The lowest BCUT2D eigenvalue weighted by Gasteiger charge is -2.16. The third-order valence-electron chi connectivity index (χ3n) is 4.06. The molecule has 2 aromatic carbocycles. The van der Waals surface area contributed by atoms with Crippen molar-refractivity contribution in [1.29, 1.82) is 0 Å². The Hall–Kier alpha value is -2.73. The minimum absolute atomic E-state index is 0.0230. The standard InChI is InChI=1S/C20H20F2N2O2/c1-13-19(12-24(2)11-14-5-4-6-16(9-14)25-3)23-20(26-13)17-10-15(21)7-8-18(17)22/h4-10H,11-12H2,1-3H3. The highest BCUT2D eigenvalue weighted by molar-refractivity contribution is 5.54. The molecule has 0 atom stereocenters. The fourth-order valence-corrected chi connectivity index (χ4v) is 2.75. The van der Waals surface area contributed by atoms with E-state index in [9.17, 15) is 8.78 Å². The van der Waals surface area contributed by atoms with E-state index in [-0.39, 0.29) is 11.5 Å². The van der Waals surface area contributed by atoms with Gasteiger partial charge in [0.1, 0.15) is 23.1 Å². The molecule has 0 fully saturated rings. The molecule has 3 aromatic rings. The lowest BCUT2D eigenvalue weighted by Crippen LogP contribution is -2.18. The summed E-state index contributed by atoms with van der Waals surface area (Å²) in [6, 6.07) is 11.0. The molecule has 0 unspecified atom stereocenters. The highest BCUT2D eigenvalue weighted by Crippen LogP contribution is 2.26. The van der Waals surface area contributed by atoms with Crippen molar-refractivity contribution in [3.8, 4) is 17.2 Å². The molecule has 0 aliphatic rings. The molecule has 0 aliphatic heterocycles. The molecule has 136 valence electrons. The Morgan fingerprint density at radius 1 is 1.12 bits per heavy atom. The maximum atomic E-state index is 13.9. The quantitative estimate of drug-likeness (QED) is 0.647. The Bertz CT molecular complexity index is 909. The lowest BCUT2D eigenvalue weighted by molar-refractivity contribution is 0.312. The fraction of sp³-hybridized carbons (Fsp3) is 0.250. The van der Waals surface area contributed by atoms with Gasteiger partial charge in [-0.25, -0.2) is 13.8 Å². The van der Waals surface area contributed by atoms with Crippen LogP contribution in [0.2, 0.25) is 0 Å². The van der Waals surface area contributed by atoms with Crippen molar-refractivity contribution < 1.29 is 17.9 Å². The van der Waals surface area contributed by atoms with Crippen molar-refractivity contribution in [2.75, 3.05) is 14.2 Å². The largest absolute Gasteiger partial charge is 0.497 e. The van der Waals surface area contributed by atoms with Gasteiger partial charge in [0.15, 0.2) is 0 Å². The molecule has 0 saturated heterocycles. The first-order chi connectivity index (χ1) is 12.5. The summed E-state index contributed by atoms with van der Waals surface area (Å²) in [6.07, 6.45) is 0. The minimum Gasteiger partial charge on any atom is -0.497 e. The Kier molecular flexibility index (Phi) is 5.32. The second-order valence-corrected chi connectivity index (χ2v) is 6.17. The van der Waals surface area contributed by atoms with E-state index in [1.54, 1.807) is 14.0 Å². The third-order valence-corrected chi connectivity index (χ3v) is 4.06. The van der Waals surface area contributed by atoms with Crippen molar-refractivity contribution in [3.63, 3.8) is 0 Å². The first-order valence-electron chi connectivity index (χ1n) is 8.19. The van der Waals surface area contributed by atoms with Gasteiger partial charge >= 0.3 is 0 Å². The van der Waals surface area contributed by atoms with Gasteiger partial charge < -0.3 is 9.15 Å². The summed E-state index contributed by atoms with van der Waals surface area (Å²) in [4.78, 5) is 6.42. The smallest absolute Gasteiger partial charge is 0.229 e. The second-order valence-electron chi connectivity index (χ2n) is 6.17. The van der Waals surface area contributed by atoms with Crippen LogP contribution >= 0.6 is 0 Å². The van der Waals surface area contributed by atoms with Crippen LogP contribution in [-0.4, -0.2) is 24.0 Å². The Morgan fingerprint density at radius 2 is 1.92 bits per heavy atom. The van der Waals surface area contributed by atoms with Gasteiger partial charge in [0.2, 0.25) is 5.89 Å². The van der Waals surface area contributed by atoms with Crippen molar-refractivity contribution in [3.05, 3.63) is 71.1 Å². The van der Waals surface area contributed by atoms with E-state index in [1.807, 2.05) is 31.3 Å². The average molecular weight is 358 g/mol. The zero-order chi connectivity index (χ0) is 18.7. The molecule has 0 aliphatic carbocycles. The van der Waals surface area contributed by atoms with Gasteiger partial charge in [0.05, 0.1) is 18.4 Å². The van der Waals surface area contributed by atoms with Crippen LogP contribution in [0.3, 0.4) is 0 Å². The topological polar surface area (TPSA) is 38.5 Å². The van der Waals surface area contributed by atoms with E-state index in [4.69, 9.17) is 9.15 Å². The van der Waals surface area contributed by atoms with Crippen LogP contribution in [0.25, 0.3) is 11.5 Å². The highest BCUT2D eigenvalue weighted by atomic mass is 19.1. The van der Waals surface area contributed by atoms with E-state index in [0.29, 0.717) is 24.5 Å². The van der Waals surface area contributed by atoms with Gasteiger partial charge in [-0.15, -0.1) is 0 Å². The van der Waals surface area contributed by atoms with Crippen LogP contribution in [-0.2, 0) is 13.1 Å². The monoisotopic (exact) mass is 358 g/mol. The van der Waals surface area contributed by atoms with E-state index in [0.717, 1.165) is 29.5 Å². The summed E-state index contributed by atoms with van der Waals surface area (Å²) in [5.41, 5.74) is 1.81. The molecule has 4 nitrogen and oxygen atoms in total. The average Bonchev–Trinajstić information content (AvgIpc) is 2.97. The van der Waals surface area contributed by atoms with Crippen LogP contribution < -0.4 is 4.74 Å². The van der Waals surface area contributed by atoms with Crippen LogP contribution in [0.1, 0.15) is 17.0 Å². The SMILES string of the molecule is COc1cccc(CN(C)Cc2nc(-c3cc(F)ccc3F)oc2C)c1. The van der Waals surface area contributed by atoms with E-state index in [2.05, 4.69) is 9.88 Å². The number of rotatable bonds is 6. The van der Waals surface area contributed by atoms with E-state index in [1.165, 1.54) is 0 Å². The molecule has 1 aromatic heterocycles. The number of aromatic nitrogens is 1. The first-order valence-corrected chi connectivity index (χ1v) is 8.19. The molecule has 0 saturated carbocycles. The van der Waals surface area contributed by atoms with Crippen molar-refractivity contribution >= 4 is 0 Å². The van der Waals surface area contributed by atoms with Crippen molar-refractivity contribution in [2.45, 2.75) is 20.0 Å². The maximum absolute atomic E-state index is 13.9. The molecule has 0 N–H and O–H groups in total. The lowest BCUT2D eigenvalue weighted by atomic mass is 10.2. The number of oxazole rings is 1. The van der Waals surface area contributed by atoms with Gasteiger partial charge in [-0.05, 0) is 49.9 Å². The molecule has 0 spiro atoms. The molecule has 1 heterocycles. The number of benzene rings is 2. The Morgan fingerprint density at radius 3 is 2.69 bits per heavy atom. The minimum atomic E-state index is -0.566. The number of methoxy groups -OCH3 is 1. The normalized spacial score (nSPS) is 11.2. The highest BCUT2D eigenvalue weighted by Gasteiger charge is 2.17. The molecule has 0 amide bonds. The number of hydrogen-bond acceptors (Lipinski definition) is 4. The van der Waals surface area contributed by atoms with Gasteiger partial charge in [0.25, 0.3) is 0 Å². The Labute approximate surface area is 151 Å². The molecule has 0 radical (unpaired) electrons. The molecule has 3 rings (SSSR count). The fourth-order valence-electron chi connectivity index (χ4n) is 2.75. The molecular weight excluding hydrogens is 338 g/mol. The first kappa shape index (κ1) is 18.1. The third kappa shape index (κ3) is 4.08.